The first-order valence-electron chi connectivity index (χ1n) is 4.65. The number of halogens is 2. The molecule has 2 rings (SSSR count). The Bertz CT molecular complexity index is 453. The Morgan fingerprint density at radius 3 is 3.00 bits per heavy atom. The molecule has 1 heterocycles. The molecule has 0 fully saturated rings. The molecule has 0 aliphatic rings. The average molecular weight is 286 g/mol. The Hall–Kier alpha value is -0.800. The van der Waals surface area contributed by atoms with Crippen LogP contribution in [0.2, 0.25) is 0 Å². The zero-order valence-corrected chi connectivity index (χ0v) is 10.3. The molecule has 15 heavy (non-hydrogen) atoms. The minimum absolute atomic E-state index is 0.589. The van der Waals surface area contributed by atoms with Crippen LogP contribution in [0, 0.1) is 0 Å². The van der Waals surface area contributed by atoms with Crippen molar-refractivity contribution in [1.82, 2.24) is 9.97 Å². The lowest BCUT2D eigenvalue weighted by atomic mass is 10.2. The smallest absolute Gasteiger partial charge is 0.107 e. The Kier molecular flexibility index (Phi) is 3.44. The Morgan fingerprint density at radius 2 is 2.27 bits per heavy atom. The van der Waals surface area contributed by atoms with Gasteiger partial charge in [0.05, 0.1) is 11.9 Å². The van der Waals surface area contributed by atoms with Gasteiger partial charge in [0, 0.05) is 22.3 Å². The monoisotopic (exact) mass is 284 g/mol. The van der Waals surface area contributed by atoms with Crippen LogP contribution >= 0.6 is 27.5 Å². The van der Waals surface area contributed by atoms with Crippen molar-refractivity contribution in [2.24, 2.45) is 0 Å². The van der Waals surface area contributed by atoms with Gasteiger partial charge in [-0.05, 0) is 12.1 Å². The summed E-state index contributed by atoms with van der Waals surface area (Å²) in [7, 11) is 0. The molecule has 1 N–H and O–H groups in total. The van der Waals surface area contributed by atoms with Crippen molar-refractivity contribution in [2.75, 3.05) is 5.88 Å². The highest BCUT2D eigenvalue weighted by Gasteiger charge is 2.02. The lowest BCUT2D eigenvalue weighted by Gasteiger charge is -1.97. The van der Waals surface area contributed by atoms with E-state index < -0.39 is 0 Å². The second-order valence-corrected chi connectivity index (χ2v) is 4.49. The van der Waals surface area contributed by atoms with Gasteiger partial charge < -0.3 is 4.98 Å². The molecule has 1 aromatic carbocycles. The van der Waals surface area contributed by atoms with Gasteiger partial charge in [-0.3, -0.25) is 0 Å². The molecule has 0 amide bonds. The second kappa shape index (κ2) is 4.81. The maximum Gasteiger partial charge on any atom is 0.107 e. The van der Waals surface area contributed by atoms with Crippen molar-refractivity contribution < 1.29 is 0 Å². The molecule has 0 aliphatic heterocycles. The number of hydrogen-bond donors (Lipinski definition) is 1. The molecule has 0 radical (unpaired) electrons. The number of alkyl halides is 1. The summed E-state index contributed by atoms with van der Waals surface area (Å²) < 4.78 is 1.06. The van der Waals surface area contributed by atoms with Crippen LogP contribution in [0.15, 0.2) is 34.9 Å². The number of hydrogen-bond acceptors (Lipinski definition) is 1. The molecular formula is C11H10BrClN2. The maximum absolute atomic E-state index is 5.65. The van der Waals surface area contributed by atoms with Crippen molar-refractivity contribution in [1.29, 1.82) is 0 Å². The minimum atomic E-state index is 0.589. The first-order valence-corrected chi connectivity index (χ1v) is 5.98. The molecule has 0 saturated heterocycles. The fourth-order valence-corrected chi connectivity index (χ4v) is 1.96. The van der Waals surface area contributed by atoms with E-state index in [2.05, 4.69) is 32.0 Å². The lowest BCUT2D eigenvalue weighted by Crippen LogP contribution is -1.88. The number of benzene rings is 1. The normalized spacial score (nSPS) is 10.5. The Balaban J connectivity index is 2.29. The SMILES string of the molecule is ClCCc1ncc(-c2cccc(Br)c2)[nH]1. The van der Waals surface area contributed by atoms with Gasteiger partial charge in [-0.25, -0.2) is 4.98 Å². The van der Waals surface area contributed by atoms with Gasteiger partial charge in [0.15, 0.2) is 0 Å². The zero-order chi connectivity index (χ0) is 10.7. The number of nitrogens with zero attached hydrogens (tertiary/aromatic N) is 1. The summed E-state index contributed by atoms with van der Waals surface area (Å²) in [5.41, 5.74) is 2.15. The van der Waals surface area contributed by atoms with Crippen LogP contribution in [0.4, 0.5) is 0 Å². The largest absolute Gasteiger partial charge is 0.342 e. The number of rotatable bonds is 3. The first-order chi connectivity index (χ1) is 7.29. The van der Waals surface area contributed by atoms with Gasteiger partial charge in [-0.1, -0.05) is 28.1 Å². The Labute approximate surface area is 102 Å². The molecule has 0 spiro atoms. The fourth-order valence-electron chi connectivity index (χ4n) is 1.38. The number of H-pyrrole nitrogens is 1. The van der Waals surface area contributed by atoms with Crippen molar-refractivity contribution in [2.45, 2.75) is 6.42 Å². The van der Waals surface area contributed by atoms with Crippen LogP contribution in [0.3, 0.4) is 0 Å². The summed E-state index contributed by atoms with van der Waals surface area (Å²) in [6.45, 7) is 0. The molecule has 0 bridgehead atoms. The van der Waals surface area contributed by atoms with Gasteiger partial charge in [0.25, 0.3) is 0 Å². The number of aromatic amines is 1. The molecule has 2 aromatic rings. The van der Waals surface area contributed by atoms with E-state index in [0.29, 0.717) is 5.88 Å². The third kappa shape index (κ3) is 2.61. The third-order valence-corrected chi connectivity index (χ3v) is 2.78. The highest BCUT2D eigenvalue weighted by Crippen LogP contribution is 2.21. The summed E-state index contributed by atoms with van der Waals surface area (Å²) >= 11 is 9.09. The highest BCUT2D eigenvalue weighted by molar-refractivity contribution is 9.10. The van der Waals surface area contributed by atoms with E-state index in [0.717, 1.165) is 28.0 Å². The molecule has 0 saturated carbocycles. The predicted octanol–water partition coefficient (Wildman–Crippen LogP) is 3.62. The van der Waals surface area contributed by atoms with Gasteiger partial charge in [0.2, 0.25) is 0 Å². The van der Waals surface area contributed by atoms with Crippen LogP contribution in [-0.4, -0.2) is 15.8 Å². The molecule has 78 valence electrons. The topological polar surface area (TPSA) is 28.7 Å². The number of aryl methyl sites for hydroxylation is 1. The van der Waals surface area contributed by atoms with E-state index in [1.165, 1.54) is 0 Å². The zero-order valence-electron chi connectivity index (χ0n) is 8.00. The second-order valence-electron chi connectivity index (χ2n) is 3.19. The van der Waals surface area contributed by atoms with Gasteiger partial charge in [-0.2, -0.15) is 0 Å². The average Bonchev–Trinajstić information content (AvgIpc) is 2.67. The molecule has 1 aromatic heterocycles. The van der Waals surface area contributed by atoms with E-state index in [1.54, 1.807) is 0 Å². The summed E-state index contributed by atoms with van der Waals surface area (Å²) in [6.07, 6.45) is 2.61. The van der Waals surface area contributed by atoms with E-state index in [4.69, 9.17) is 11.6 Å². The highest BCUT2D eigenvalue weighted by atomic mass is 79.9. The summed E-state index contributed by atoms with van der Waals surface area (Å²) in [4.78, 5) is 7.50. The predicted molar refractivity (Wildman–Crippen MR) is 66.1 cm³/mol. The standard InChI is InChI=1S/C11H10BrClN2/c12-9-3-1-2-8(6-9)10-7-14-11(15-10)4-5-13/h1-3,6-7H,4-5H2,(H,14,15). The van der Waals surface area contributed by atoms with Gasteiger partial charge >= 0.3 is 0 Å². The van der Waals surface area contributed by atoms with Gasteiger partial charge in [-0.15, -0.1) is 11.6 Å². The minimum Gasteiger partial charge on any atom is -0.342 e. The fraction of sp³-hybridized carbons (Fsp3) is 0.182. The van der Waals surface area contributed by atoms with E-state index >= 15 is 0 Å². The van der Waals surface area contributed by atoms with E-state index in [9.17, 15) is 0 Å². The van der Waals surface area contributed by atoms with Crippen LogP contribution in [-0.2, 0) is 6.42 Å². The van der Waals surface area contributed by atoms with Crippen LogP contribution in [0.25, 0.3) is 11.3 Å². The molecule has 0 aliphatic carbocycles. The Morgan fingerprint density at radius 1 is 1.40 bits per heavy atom. The van der Waals surface area contributed by atoms with Crippen LogP contribution in [0.1, 0.15) is 5.82 Å². The number of nitrogens with one attached hydrogen (secondary N) is 1. The van der Waals surface area contributed by atoms with Crippen LogP contribution in [0.5, 0.6) is 0 Å². The summed E-state index contributed by atoms with van der Waals surface area (Å²) in [6, 6.07) is 8.10. The van der Waals surface area contributed by atoms with Crippen molar-refractivity contribution in [3.05, 3.63) is 40.8 Å². The van der Waals surface area contributed by atoms with Crippen molar-refractivity contribution in [3.8, 4) is 11.3 Å². The molecular weight excluding hydrogens is 275 g/mol. The lowest BCUT2D eigenvalue weighted by molar-refractivity contribution is 0.997. The number of imidazole rings is 1. The van der Waals surface area contributed by atoms with Crippen LogP contribution < -0.4 is 0 Å². The van der Waals surface area contributed by atoms with E-state index in [1.807, 2.05) is 24.4 Å². The number of aromatic nitrogens is 2. The maximum atomic E-state index is 5.65. The summed E-state index contributed by atoms with van der Waals surface area (Å²) in [5.74, 6) is 1.52. The van der Waals surface area contributed by atoms with E-state index in [-0.39, 0.29) is 0 Å². The molecule has 0 unspecified atom stereocenters. The first kappa shape index (κ1) is 10.7. The summed E-state index contributed by atoms with van der Waals surface area (Å²) in [5, 5.41) is 0. The van der Waals surface area contributed by atoms with Gasteiger partial charge in [0.1, 0.15) is 5.82 Å². The van der Waals surface area contributed by atoms with Crippen molar-refractivity contribution >= 4 is 27.5 Å². The van der Waals surface area contributed by atoms with Crippen molar-refractivity contribution in [3.63, 3.8) is 0 Å². The third-order valence-electron chi connectivity index (χ3n) is 2.10. The molecule has 2 nitrogen and oxygen atoms in total. The molecule has 0 atom stereocenters. The quantitative estimate of drug-likeness (QED) is 0.857. The molecule has 4 heteroatoms.